The van der Waals surface area contributed by atoms with Crippen molar-refractivity contribution in [3.05, 3.63) is 211 Å². The number of fused-ring (bicyclic) bond motifs is 2. The van der Waals surface area contributed by atoms with Crippen molar-refractivity contribution in [2.45, 2.75) is 64.7 Å². The second-order valence-electron chi connectivity index (χ2n) is 14.1. The summed E-state index contributed by atoms with van der Waals surface area (Å²) in [4.78, 5) is 0. The smallest absolute Gasteiger partial charge is 0.0144 e. The summed E-state index contributed by atoms with van der Waals surface area (Å²) < 4.78 is 3.88. The van der Waals surface area contributed by atoms with E-state index in [0.717, 1.165) is 34.6 Å². The van der Waals surface area contributed by atoms with Crippen LogP contribution in [0.15, 0.2) is 166 Å². The average Bonchev–Trinajstić information content (AvgIpc) is 3.87. The molecular formula is C51H48Br2Cl2Zr. The molecule has 56 heavy (non-hydrogen) atoms. The van der Waals surface area contributed by atoms with Crippen LogP contribution in [0.4, 0.5) is 0 Å². The van der Waals surface area contributed by atoms with E-state index in [2.05, 4.69) is 204 Å². The molecule has 0 fully saturated rings. The third-order valence-corrected chi connectivity index (χ3v) is 12.0. The normalized spacial score (nSPS) is 15.6. The van der Waals surface area contributed by atoms with E-state index in [1.54, 1.807) is 3.21 Å². The topological polar surface area (TPSA) is 0 Å². The number of allylic oxidation sites excluding steroid dienone is 8. The van der Waals surface area contributed by atoms with Crippen LogP contribution in [0.3, 0.4) is 0 Å². The minimum Gasteiger partial charge on any atom is -0.273 e. The quantitative estimate of drug-likeness (QED) is 0.129. The van der Waals surface area contributed by atoms with E-state index < -0.39 is 0 Å². The summed E-state index contributed by atoms with van der Waals surface area (Å²) in [5.74, 6) is 0. The molecule has 0 saturated carbocycles. The zero-order chi connectivity index (χ0) is 37.9. The molecule has 0 spiro atoms. The number of hydrogen-bond donors (Lipinski definition) is 0. The average molecular weight is 983 g/mol. The third kappa shape index (κ3) is 11.8. The molecule has 5 heteroatoms. The van der Waals surface area contributed by atoms with Gasteiger partial charge < -0.3 is 0 Å². The van der Waals surface area contributed by atoms with Crippen LogP contribution >= 0.6 is 56.7 Å². The van der Waals surface area contributed by atoms with Gasteiger partial charge in [0.05, 0.1) is 0 Å². The van der Waals surface area contributed by atoms with Gasteiger partial charge in [0.2, 0.25) is 0 Å². The summed E-state index contributed by atoms with van der Waals surface area (Å²) >= 11 is 8.56. The number of benzene rings is 5. The maximum absolute atomic E-state index is 4.01. The molecule has 5 aromatic rings. The molecular weight excluding hydrogens is 934 g/mol. The zero-order valence-electron chi connectivity index (χ0n) is 32.2. The van der Waals surface area contributed by atoms with Gasteiger partial charge in [-0.05, 0) is 47.9 Å². The Kier molecular flexibility index (Phi) is 18.2. The SMILES string of the molecule is Brc1cccc(C[C](=[Zr+2])Cc2cccc(Br)c2)c1.CCCCC1(c2ccccc2)[C-]=C2C=c3cc(-c4ccccc4)c(C)cc3=C2C=C1C.Cl.Cl.[C-]1=CC=CC1. The molecule has 0 radical (unpaired) electrons. The summed E-state index contributed by atoms with van der Waals surface area (Å²) in [6, 6.07) is 43.5. The first-order valence-electron chi connectivity index (χ1n) is 18.8. The van der Waals surface area contributed by atoms with Gasteiger partial charge in [-0.2, -0.15) is 23.8 Å². The Morgan fingerprint density at radius 2 is 1.38 bits per heavy atom. The molecule has 0 heterocycles. The summed E-state index contributed by atoms with van der Waals surface area (Å²) in [7, 11) is 0. The Morgan fingerprint density at radius 1 is 0.750 bits per heavy atom. The second kappa shape index (κ2) is 22.3. The Labute approximate surface area is 378 Å². The fourth-order valence-electron chi connectivity index (χ4n) is 7.37. The van der Waals surface area contributed by atoms with Gasteiger partial charge in [0.1, 0.15) is 0 Å². The molecule has 0 aliphatic heterocycles. The molecule has 0 bridgehead atoms. The minimum atomic E-state index is -0.133. The van der Waals surface area contributed by atoms with E-state index in [-0.39, 0.29) is 30.2 Å². The van der Waals surface area contributed by atoms with Crippen LogP contribution in [0, 0.1) is 19.1 Å². The van der Waals surface area contributed by atoms with Gasteiger partial charge in [-0.3, -0.25) is 6.08 Å². The summed E-state index contributed by atoms with van der Waals surface area (Å²) in [6.45, 7) is 6.79. The van der Waals surface area contributed by atoms with E-state index in [4.69, 9.17) is 0 Å². The molecule has 284 valence electrons. The van der Waals surface area contributed by atoms with Gasteiger partial charge in [0.15, 0.2) is 0 Å². The van der Waals surface area contributed by atoms with E-state index in [0.29, 0.717) is 0 Å². The van der Waals surface area contributed by atoms with E-state index in [1.165, 1.54) is 97.6 Å². The number of unbranched alkanes of at least 4 members (excludes halogenated alkanes) is 1. The maximum Gasteiger partial charge on any atom is -0.0144 e. The van der Waals surface area contributed by atoms with Crippen LogP contribution in [0.1, 0.15) is 61.8 Å². The van der Waals surface area contributed by atoms with Crippen LogP contribution in [0.2, 0.25) is 0 Å². The molecule has 0 N–H and O–H groups in total. The van der Waals surface area contributed by atoms with Crippen molar-refractivity contribution in [3.8, 4) is 11.1 Å². The van der Waals surface area contributed by atoms with Crippen LogP contribution in [0.5, 0.6) is 0 Å². The zero-order valence-corrected chi connectivity index (χ0v) is 39.5. The summed E-state index contributed by atoms with van der Waals surface area (Å²) in [5, 5.41) is 2.65. The molecule has 0 amide bonds. The Bertz CT molecular complexity index is 2300. The van der Waals surface area contributed by atoms with Gasteiger partial charge in [-0.25, -0.2) is 12.2 Å². The van der Waals surface area contributed by atoms with Crippen molar-refractivity contribution in [1.29, 1.82) is 0 Å². The predicted molar refractivity (Wildman–Crippen MR) is 249 cm³/mol. The largest absolute Gasteiger partial charge is 0.273 e. The number of aryl methyl sites for hydroxylation is 1. The van der Waals surface area contributed by atoms with Crippen LogP contribution in [-0.2, 0) is 42.5 Å². The molecule has 0 saturated heterocycles. The van der Waals surface area contributed by atoms with E-state index in [1.807, 2.05) is 12.2 Å². The van der Waals surface area contributed by atoms with Crippen molar-refractivity contribution in [1.82, 2.24) is 0 Å². The molecule has 0 nitrogen and oxygen atoms in total. The fourth-order valence-corrected chi connectivity index (χ4v) is 9.27. The van der Waals surface area contributed by atoms with Gasteiger partial charge in [0.25, 0.3) is 0 Å². The molecule has 3 aliphatic carbocycles. The molecule has 1 atom stereocenters. The molecule has 5 aromatic carbocycles. The van der Waals surface area contributed by atoms with Gasteiger partial charge in [-0.15, -0.1) is 42.9 Å². The van der Waals surface area contributed by atoms with Crippen LogP contribution < -0.4 is 10.4 Å². The number of hydrogen-bond acceptors (Lipinski definition) is 0. The van der Waals surface area contributed by atoms with Crippen LogP contribution in [-0.4, -0.2) is 3.21 Å². The molecule has 0 aromatic heterocycles. The first kappa shape index (κ1) is 45.8. The van der Waals surface area contributed by atoms with Crippen molar-refractivity contribution in [2.24, 2.45) is 0 Å². The third-order valence-electron chi connectivity index (χ3n) is 10.1. The van der Waals surface area contributed by atoms with Gasteiger partial charge in [0, 0.05) is 0 Å². The van der Waals surface area contributed by atoms with Crippen molar-refractivity contribution >= 4 is 71.5 Å². The summed E-state index contributed by atoms with van der Waals surface area (Å²) in [5.41, 5.74) is 11.9. The molecule has 8 rings (SSSR count). The van der Waals surface area contributed by atoms with Crippen molar-refractivity contribution in [3.63, 3.8) is 0 Å². The predicted octanol–water partition coefficient (Wildman–Crippen LogP) is 13.3. The Morgan fingerprint density at radius 3 is 1.91 bits per heavy atom. The first-order valence-corrected chi connectivity index (χ1v) is 21.7. The maximum atomic E-state index is 4.01. The van der Waals surface area contributed by atoms with Crippen LogP contribution in [0.25, 0.3) is 22.8 Å². The monoisotopic (exact) mass is 978 g/mol. The fraction of sp³-hybridized carbons (Fsp3) is 0.196. The van der Waals surface area contributed by atoms with E-state index >= 15 is 0 Å². The van der Waals surface area contributed by atoms with Gasteiger partial charge >= 0.3 is 141 Å². The Hall–Kier alpha value is -2.91. The van der Waals surface area contributed by atoms with Gasteiger partial charge in [-0.1, -0.05) is 109 Å². The second-order valence-corrected chi connectivity index (χ2v) is 17.7. The summed E-state index contributed by atoms with van der Waals surface area (Å²) in [6.07, 6.45) is 24.4. The standard InChI is InChI=1S/C31H29.C15H12Br2.C5H5.2ClH.Zr/c1-4-5-16-31(27-14-10-7-11-15-27)21-26-19-25-20-28(24-12-8-6-9-13-24)22(2)17-29(25)30(26)18-23(31)3;16-14-8-2-6-12(10-14)4-1-5-13-7-3-9-15(17)11-13;1-2-4-5-3-1;;;/h6-15,17-20H,4-5,16H2,1-3H3;2-3,6-11H,4-5H2;1-3H,4H2;2*1H;/q-1;;-1;;;+2. The Balaban J connectivity index is 0.000000236. The minimum absolute atomic E-state index is 0. The number of rotatable bonds is 9. The first-order chi connectivity index (χ1) is 26.3. The molecule has 3 aliphatic rings. The van der Waals surface area contributed by atoms with Crippen molar-refractivity contribution < 1.29 is 24.2 Å². The van der Waals surface area contributed by atoms with Crippen molar-refractivity contribution in [2.75, 3.05) is 0 Å². The van der Waals surface area contributed by atoms with E-state index in [9.17, 15) is 0 Å². The number of halogens is 4. The molecule has 1 unspecified atom stereocenters.